The number of rotatable bonds is 8. The van der Waals surface area contributed by atoms with E-state index in [0.29, 0.717) is 16.4 Å². The van der Waals surface area contributed by atoms with Crippen LogP contribution < -0.4 is 16.4 Å². The molecule has 0 unspecified atom stereocenters. The molecule has 6 nitrogen and oxygen atoms in total. The van der Waals surface area contributed by atoms with Crippen molar-refractivity contribution in [3.8, 4) is 0 Å². The van der Waals surface area contributed by atoms with E-state index >= 15 is 0 Å². The lowest BCUT2D eigenvalue weighted by Crippen LogP contribution is -2.12. The van der Waals surface area contributed by atoms with Crippen LogP contribution in [0.3, 0.4) is 0 Å². The summed E-state index contributed by atoms with van der Waals surface area (Å²) in [5.74, 6) is 0.896. The highest BCUT2D eigenvalue weighted by molar-refractivity contribution is 6.33. The molecule has 0 spiro atoms. The fourth-order valence-electron chi connectivity index (χ4n) is 1.84. The first kappa shape index (κ1) is 16.0. The van der Waals surface area contributed by atoms with Gasteiger partial charge in [0.2, 0.25) is 5.91 Å². The van der Waals surface area contributed by atoms with E-state index in [0.717, 1.165) is 31.7 Å². The Hall–Kier alpha value is -2.34. The number of anilines is 2. The molecule has 2 rings (SSSR count). The highest BCUT2D eigenvalue weighted by Crippen LogP contribution is 2.19. The van der Waals surface area contributed by atoms with Crippen LogP contribution in [0.4, 0.5) is 11.6 Å². The number of carbonyl (C=O) groups excluding carboxylic acids is 1. The number of carbonyl (C=O) groups is 1. The molecule has 2 heterocycles. The lowest BCUT2D eigenvalue weighted by atomic mass is 10.2. The molecule has 7 heteroatoms. The summed E-state index contributed by atoms with van der Waals surface area (Å²) >= 11 is 6.04. The standard InChI is InChI=1S/C15H18ClN5O/c16-12-9-11(14(17)22)10-21-15(12)20-8-4-3-7-19-13-5-1-2-6-18-13/h1-2,5-6,9-10H,3-4,7-8H2,(H2,17,22)(H,18,19)(H,20,21). The average molecular weight is 320 g/mol. The van der Waals surface area contributed by atoms with E-state index in [1.807, 2.05) is 18.2 Å². The van der Waals surface area contributed by atoms with Crippen molar-refractivity contribution in [2.75, 3.05) is 23.7 Å². The number of hydrogen-bond acceptors (Lipinski definition) is 5. The van der Waals surface area contributed by atoms with Crippen molar-refractivity contribution in [3.63, 3.8) is 0 Å². The summed E-state index contributed by atoms with van der Waals surface area (Å²) in [4.78, 5) is 19.3. The molecule has 0 saturated heterocycles. The summed E-state index contributed by atoms with van der Waals surface area (Å²) in [5.41, 5.74) is 5.47. The molecule has 0 fully saturated rings. The normalized spacial score (nSPS) is 10.2. The Morgan fingerprint density at radius 3 is 2.59 bits per heavy atom. The summed E-state index contributed by atoms with van der Waals surface area (Å²) in [7, 11) is 0. The van der Waals surface area contributed by atoms with Crippen LogP contribution in [-0.2, 0) is 0 Å². The van der Waals surface area contributed by atoms with Crippen molar-refractivity contribution in [2.24, 2.45) is 5.73 Å². The Morgan fingerprint density at radius 2 is 1.95 bits per heavy atom. The molecule has 4 N–H and O–H groups in total. The van der Waals surface area contributed by atoms with E-state index in [1.54, 1.807) is 6.20 Å². The number of nitrogens with zero attached hydrogens (tertiary/aromatic N) is 2. The Balaban J connectivity index is 1.67. The number of primary amides is 1. The van der Waals surface area contributed by atoms with Crippen LogP contribution in [0.1, 0.15) is 23.2 Å². The van der Waals surface area contributed by atoms with Gasteiger partial charge in [-0.3, -0.25) is 4.79 Å². The van der Waals surface area contributed by atoms with E-state index < -0.39 is 5.91 Å². The predicted octanol–water partition coefficient (Wildman–Crippen LogP) is 2.53. The molecule has 0 aliphatic heterocycles. The fraction of sp³-hybridized carbons (Fsp3) is 0.267. The van der Waals surface area contributed by atoms with E-state index in [-0.39, 0.29) is 0 Å². The van der Waals surface area contributed by atoms with Gasteiger partial charge >= 0.3 is 0 Å². The van der Waals surface area contributed by atoms with Crippen molar-refractivity contribution < 1.29 is 4.79 Å². The minimum Gasteiger partial charge on any atom is -0.370 e. The van der Waals surface area contributed by atoms with Gasteiger partial charge in [-0.25, -0.2) is 9.97 Å². The maximum atomic E-state index is 11.0. The maximum Gasteiger partial charge on any atom is 0.250 e. The van der Waals surface area contributed by atoms with Gasteiger partial charge in [0.05, 0.1) is 10.6 Å². The average Bonchev–Trinajstić information content (AvgIpc) is 2.52. The second-order valence-electron chi connectivity index (χ2n) is 4.69. The molecular weight excluding hydrogens is 302 g/mol. The van der Waals surface area contributed by atoms with Gasteiger partial charge in [0, 0.05) is 25.5 Å². The smallest absolute Gasteiger partial charge is 0.250 e. The van der Waals surface area contributed by atoms with E-state index in [2.05, 4.69) is 20.6 Å². The van der Waals surface area contributed by atoms with Crippen LogP contribution in [0.5, 0.6) is 0 Å². The van der Waals surface area contributed by atoms with Crippen LogP contribution >= 0.6 is 11.6 Å². The van der Waals surface area contributed by atoms with Crippen LogP contribution in [0.2, 0.25) is 5.02 Å². The van der Waals surface area contributed by atoms with Gasteiger partial charge in [0.1, 0.15) is 11.6 Å². The molecule has 1 amide bonds. The number of halogens is 1. The Labute approximate surface area is 134 Å². The first-order chi connectivity index (χ1) is 10.7. The fourth-order valence-corrected chi connectivity index (χ4v) is 2.08. The van der Waals surface area contributed by atoms with Gasteiger partial charge in [0.25, 0.3) is 0 Å². The first-order valence-electron chi connectivity index (χ1n) is 7.01. The Morgan fingerprint density at radius 1 is 1.18 bits per heavy atom. The highest BCUT2D eigenvalue weighted by Gasteiger charge is 2.06. The van der Waals surface area contributed by atoms with E-state index in [1.165, 1.54) is 12.3 Å². The van der Waals surface area contributed by atoms with Crippen LogP contribution in [-0.4, -0.2) is 29.0 Å². The zero-order valence-electron chi connectivity index (χ0n) is 12.1. The number of nitrogens with two attached hydrogens (primary N) is 1. The second-order valence-corrected chi connectivity index (χ2v) is 5.10. The zero-order chi connectivity index (χ0) is 15.8. The summed E-state index contributed by atoms with van der Waals surface area (Å²) in [6.07, 6.45) is 5.11. The van der Waals surface area contributed by atoms with Gasteiger partial charge in [-0.15, -0.1) is 0 Å². The lowest BCUT2D eigenvalue weighted by Gasteiger charge is -2.08. The number of unbranched alkanes of at least 4 members (excludes halogenated alkanes) is 1. The van der Waals surface area contributed by atoms with Gasteiger partial charge in [-0.05, 0) is 31.0 Å². The molecule has 0 saturated carbocycles. The predicted molar refractivity (Wildman–Crippen MR) is 88.2 cm³/mol. The molecule has 0 aliphatic rings. The third kappa shape index (κ3) is 4.89. The summed E-state index contributed by atoms with van der Waals surface area (Å²) in [6, 6.07) is 7.28. The molecule has 2 aromatic heterocycles. The quantitative estimate of drug-likeness (QED) is 0.650. The summed E-state index contributed by atoms with van der Waals surface area (Å²) < 4.78 is 0. The summed E-state index contributed by atoms with van der Waals surface area (Å²) in [6.45, 7) is 1.59. The van der Waals surface area contributed by atoms with Gasteiger partial charge in [-0.2, -0.15) is 0 Å². The number of pyridine rings is 2. The SMILES string of the molecule is NC(=O)c1cnc(NCCCCNc2ccccn2)c(Cl)c1. The molecule has 22 heavy (non-hydrogen) atoms. The van der Waals surface area contributed by atoms with Gasteiger partial charge in [0.15, 0.2) is 0 Å². The number of aromatic nitrogens is 2. The molecule has 2 aromatic rings. The van der Waals surface area contributed by atoms with Gasteiger partial charge < -0.3 is 16.4 Å². The number of hydrogen-bond donors (Lipinski definition) is 3. The topological polar surface area (TPSA) is 92.9 Å². The largest absolute Gasteiger partial charge is 0.370 e. The van der Waals surface area contributed by atoms with Crippen molar-refractivity contribution in [2.45, 2.75) is 12.8 Å². The van der Waals surface area contributed by atoms with Crippen molar-refractivity contribution >= 4 is 29.1 Å². The molecule has 116 valence electrons. The first-order valence-corrected chi connectivity index (χ1v) is 7.39. The Kier molecular flexibility index (Phi) is 5.97. The minimum absolute atomic E-state index is 0.301. The Bertz CT molecular complexity index is 621. The zero-order valence-corrected chi connectivity index (χ0v) is 12.8. The summed E-state index contributed by atoms with van der Waals surface area (Å²) in [5, 5.41) is 6.77. The molecule has 0 bridgehead atoms. The van der Waals surface area contributed by atoms with Crippen LogP contribution in [0.15, 0.2) is 36.7 Å². The third-order valence-electron chi connectivity index (χ3n) is 2.99. The number of nitrogens with one attached hydrogen (secondary N) is 2. The van der Waals surface area contributed by atoms with Crippen molar-refractivity contribution in [1.82, 2.24) is 9.97 Å². The molecule has 0 radical (unpaired) electrons. The molecular formula is C15H18ClN5O. The maximum absolute atomic E-state index is 11.0. The van der Waals surface area contributed by atoms with E-state index in [4.69, 9.17) is 17.3 Å². The van der Waals surface area contributed by atoms with Crippen molar-refractivity contribution in [1.29, 1.82) is 0 Å². The lowest BCUT2D eigenvalue weighted by molar-refractivity contribution is 0.1000. The minimum atomic E-state index is -0.540. The molecule has 0 aromatic carbocycles. The van der Waals surface area contributed by atoms with Gasteiger partial charge in [-0.1, -0.05) is 17.7 Å². The highest BCUT2D eigenvalue weighted by atomic mass is 35.5. The second kappa shape index (κ2) is 8.19. The molecule has 0 atom stereocenters. The van der Waals surface area contributed by atoms with E-state index in [9.17, 15) is 4.79 Å². The number of amides is 1. The van der Waals surface area contributed by atoms with Crippen LogP contribution in [0, 0.1) is 0 Å². The van der Waals surface area contributed by atoms with Crippen LogP contribution in [0.25, 0.3) is 0 Å². The monoisotopic (exact) mass is 319 g/mol. The molecule has 0 aliphatic carbocycles. The van der Waals surface area contributed by atoms with Crippen molar-refractivity contribution in [3.05, 3.63) is 47.2 Å². The third-order valence-corrected chi connectivity index (χ3v) is 3.28.